The molecule has 5 aromatic rings. The van der Waals surface area contributed by atoms with E-state index in [0.29, 0.717) is 10.6 Å². The highest BCUT2D eigenvalue weighted by Crippen LogP contribution is 2.35. The molecule has 240 valence electrons. The number of hydrogen-bond donors (Lipinski definition) is 3. The fraction of sp³-hybridized carbons (Fsp3) is 0.207. The Bertz CT molecular complexity index is 2010. The molecule has 3 N–H and O–H groups in total. The third-order valence-electron chi connectivity index (χ3n) is 6.97. The van der Waals surface area contributed by atoms with E-state index in [1.807, 2.05) is 0 Å². The van der Waals surface area contributed by atoms with Crippen LogP contribution in [0.1, 0.15) is 51.4 Å². The summed E-state index contributed by atoms with van der Waals surface area (Å²) >= 11 is 5.80. The smallest absolute Gasteiger partial charge is 0.433 e. The summed E-state index contributed by atoms with van der Waals surface area (Å²) in [5, 5.41) is 18.8. The number of alkyl halides is 6. The number of halogens is 7. The number of aromatic carboxylic acids is 1. The lowest BCUT2D eigenvalue weighted by atomic mass is 10.1. The topological polar surface area (TPSA) is 126 Å². The molecular formula is C29H22ClF6N7O3. The average molecular weight is 666 g/mol. The zero-order valence-corrected chi connectivity index (χ0v) is 24.5. The van der Waals surface area contributed by atoms with Crippen molar-refractivity contribution < 1.29 is 36.2 Å². The van der Waals surface area contributed by atoms with Gasteiger partial charge in [-0.05, 0) is 44.2 Å². The summed E-state index contributed by atoms with van der Waals surface area (Å²) in [5.41, 5.74) is -4.48. The number of para-hydroxylation sites is 1. The summed E-state index contributed by atoms with van der Waals surface area (Å²) in [6.45, 7) is 2.18. The molecular weight excluding hydrogens is 644 g/mol. The van der Waals surface area contributed by atoms with Gasteiger partial charge in [0.1, 0.15) is 16.6 Å². The van der Waals surface area contributed by atoms with E-state index in [1.165, 1.54) is 38.1 Å². The predicted molar refractivity (Wildman–Crippen MR) is 155 cm³/mol. The number of carbonyl (C=O) groups is 1. The van der Waals surface area contributed by atoms with Gasteiger partial charge in [0.25, 0.3) is 5.56 Å². The van der Waals surface area contributed by atoms with Gasteiger partial charge < -0.3 is 15.7 Å². The maximum atomic E-state index is 14.2. The molecule has 46 heavy (non-hydrogen) atoms. The third-order valence-corrected chi connectivity index (χ3v) is 7.18. The van der Waals surface area contributed by atoms with Gasteiger partial charge in [0.05, 0.1) is 34.7 Å². The molecule has 0 saturated heterocycles. The summed E-state index contributed by atoms with van der Waals surface area (Å²) in [6, 6.07) is 9.82. The van der Waals surface area contributed by atoms with Crippen molar-refractivity contribution in [1.29, 1.82) is 0 Å². The van der Waals surface area contributed by atoms with Crippen molar-refractivity contribution in [3.63, 3.8) is 0 Å². The van der Waals surface area contributed by atoms with Crippen LogP contribution < -0.4 is 16.2 Å². The van der Waals surface area contributed by atoms with Crippen LogP contribution in [0.25, 0.3) is 11.3 Å². The highest BCUT2D eigenvalue weighted by molar-refractivity contribution is 6.29. The number of hydrogen-bond acceptors (Lipinski definition) is 7. The van der Waals surface area contributed by atoms with Crippen molar-refractivity contribution >= 4 is 34.7 Å². The molecule has 17 heteroatoms. The Morgan fingerprint density at radius 1 is 1.04 bits per heavy atom. The van der Waals surface area contributed by atoms with Gasteiger partial charge in [-0.3, -0.25) is 9.20 Å². The number of carboxylic acids is 1. The van der Waals surface area contributed by atoms with Crippen LogP contribution in [0.2, 0.25) is 5.15 Å². The molecule has 0 spiro atoms. The van der Waals surface area contributed by atoms with Crippen LogP contribution in [0.15, 0.2) is 65.7 Å². The van der Waals surface area contributed by atoms with Crippen LogP contribution in [0.3, 0.4) is 0 Å². The molecule has 0 bridgehead atoms. The molecule has 10 nitrogen and oxygen atoms in total. The fourth-order valence-electron chi connectivity index (χ4n) is 4.78. The molecule has 4 heterocycles. The van der Waals surface area contributed by atoms with Crippen molar-refractivity contribution in [2.45, 2.75) is 38.8 Å². The monoisotopic (exact) mass is 665 g/mol. The first-order chi connectivity index (χ1) is 21.6. The number of rotatable bonds is 8. The number of nitrogens with zero attached hydrogens (tertiary/aromatic N) is 5. The highest BCUT2D eigenvalue weighted by Gasteiger charge is 2.39. The van der Waals surface area contributed by atoms with Gasteiger partial charge in [-0.25, -0.2) is 19.4 Å². The standard InChI is InChI=1S/C29H22ClF6N7O3/c1-14-24(37-11-16-12-38-43(23(16)29(34,35)36)18-6-4-3-5-7-18)41-25-19(10-17(28(31,32)33)13-42(25)26(14)44)15(2)39-20-8-9-21(30)40-22(20)27(45)46/h3-10,12-13,15,37,39H,11H2,1-2H3,(H,45,46)/t15-/m1/s1. The molecule has 0 aliphatic heterocycles. The number of anilines is 2. The molecule has 5 rings (SSSR count). The lowest BCUT2D eigenvalue weighted by Gasteiger charge is -2.21. The van der Waals surface area contributed by atoms with Crippen molar-refractivity contribution in [1.82, 2.24) is 24.1 Å². The number of fused-ring (bicyclic) bond motifs is 1. The Balaban J connectivity index is 1.59. The van der Waals surface area contributed by atoms with Crippen molar-refractivity contribution in [2.24, 2.45) is 0 Å². The average Bonchev–Trinajstić information content (AvgIpc) is 3.43. The lowest BCUT2D eigenvalue weighted by molar-refractivity contribution is -0.143. The van der Waals surface area contributed by atoms with Crippen LogP contribution >= 0.6 is 11.6 Å². The van der Waals surface area contributed by atoms with Crippen LogP contribution in [0, 0.1) is 6.92 Å². The fourth-order valence-corrected chi connectivity index (χ4v) is 4.93. The van der Waals surface area contributed by atoms with Gasteiger partial charge in [-0.1, -0.05) is 29.8 Å². The molecule has 0 aliphatic carbocycles. The van der Waals surface area contributed by atoms with Gasteiger partial charge in [0.15, 0.2) is 11.4 Å². The second kappa shape index (κ2) is 12.0. The van der Waals surface area contributed by atoms with Crippen molar-refractivity contribution in [3.8, 4) is 5.69 Å². The Morgan fingerprint density at radius 3 is 2.37 bits per heavy atom. The minimum atomic E-state index is -4.88. The quantitative estimate of drug-likeness (QED) is 0.123. The number of nitrogens with one attached hydrogen (secondary N) is 2. The van der Waals surface area contributed by atoms with Gasteiger partial charge in [-0.15, -0.1) is 0 Å². The lowest BCUT2D eigenvalue weighted by Crippen LogP contribution is -2.25. The maximum absolute atomic E-state index is 14.2. The van der Waals surface area contributed by atoms with E-state index in [2.05, 4.69) is 25.7 Å². The molecule has 0 saturated carbocycles. The molecule has 0 unspecified atom stereocenters. The summed E-state index contributed by atoms with van der Waals surface area (Å²) in [6.07, 6.45) is -8.12. The number of aromatic nitrogens is 5. The molecule has 0 aliphatic rings. The second-order valence-corrected chi connectivity index (χ2v) is 10.5. The highest BCUT2D eigenvalue weighted by atomic mass is 35.5. The summed E-state index contributed by atoms with van der Waals surface area (Å²) < 4.78 is 85.6. The van der Waals surface area contributed by atoms with E-state index in [-0.39, 0.29) is 44.7 Å². The van der Waals surface area contributed by atoms with Crippen LogP contribution in [0.5, 0.6) is 0 Å². The van der Waals surface area contributed by atoms with Gasteiger partial charge in [0.2, 0.25) is 0 Å². The van der Waals surface area contributed by atoms with Crippen LogP contribution in [-0.2, 0) is 18.9 Å². The predicted octanol–water partition coefficient (Wildman–Crippen LogP) is 6.76. The molecule has 0 amide bonds. The van der Waals surface area contributed by atoms with Gasteiger partial charge >= 0.3 is 18.3 Å². The first-order valence-electron chi connectivity index (χ1n) is 13.3. The number of benzene rings is 1. The minimum absolute atomic E-state index is 0.0807. The second-order valence-electron chi connectivity index (χ2n) is 10.1. The zero-order chi connectivity index (χ0) is 33.6. The Kier molecular flexibility index (Phi) is 8.42. The normalized spacial score (nSPS) is 12.7. The minimum Gasteiger partial charge on any atom is -0.476 e. The third kappa shape index (κ3) is 6.33. The number of pyridine rings is 2. The molecule has 4 aromatic heterocycles. The van der Waals surface area contributed by atoms with E-state index < -0.39 is 53.4 Å². The summed E-state index contributed by atoms with van der Waals surface area (Å²) in [7, 11) is 0. The Hall–Kier alpha value is -5.12. The molecule has 1 atom stereocenters. The van der Waals surface area contributed by atoms with Gasteiger partial charge in [-0.2, -0.15) is 31.4 Å². The van der Waals surface area contributed by atoms with Crippen LogP contribution in [0.4, 0.5) is 37.8 Å². The first kappa shape index (κ1) is 32.3. The van der Waals surface area contributed by atoms with Gasteiger partial charge in [0, 0.05) is 23.9 Å². The van der Waals surface area contributed by atoms with E-state index in [4.69, 9.17) is 11.6 Å². The largest absolute Gasteiger partial charge is 0.476 e. The molecule has 0 radical (unpaired) electrons. The molecule has 0 fully saturated rings. The zero-order valence-electron chi connectivity index (χ0n) is 23.7. The van der Waals surface area contributed by atoms with Crippen molar-refractivity contribution in [2.75, 3.05) is 10.6 Å². The number of carboxylic acid groups (broad SMARTS) is 1. The summed E-state index contributed by atoms with van der Waals surface area (Å²) in [5.74, 6) is -1.64. The Morgan fingerprint density at radius 2 is 1.74 bits per heavy atom. The van der Waals surface area contributed by atoms with Crippen molar-refractivity contribution in [3.05, 3.63) is 110 Å². The van der Waals surface area contributed by atoms with E-state index in [0.717, 1.165) is 16.9 Å². The van der Waals surface area contributed by atoms with E-state index in [9.17, 15) is 41.0 Å². The first-order valence-corrected chi connectivity index (χ1v) is 13.7. The van der Waals surface area contributed by atoms with Crippen LogP contribution in [-0.4, -0.2) is 35.2 Å². The van der Waals surface area contributed by atoms with E-state index >= 15 is 0 Å². The molecule has 1 aromatic carbocycles. The maximum Gasteiger partial charge on any atom is 0.433 e. The Labute approximate surface area is 260 Å². The SMILES string of the molecule is Cc1c(NCc2cnn(-c3ccccc3)c2C(F)(F)F)nc2c([C@@H](C)Nc3ccc(Cl)nc3C(=O)O)cc(C(F)(F)F)cn2c1=O. The summed E-state index contributed by atoms with van der Waals surface area (Å²) in [4.78, 5) is 33.2. The van der Waals surface area contributed by atoms with E-state index in [1.54, 1.807) is 18.2 Å².